The van der Waals surface area contributed by atoms with E-state index in [0.29, 0.717) is 40.0 Å². The summed E-state index contributed by atoms with van der Waals surface area (Å²) in [5.74, 6) is 0.942. The quantitative estimate of drug-likeness (QED) is 0.420. The zero-order chi connectivity index (χ0) is 20.8. The van der Waals surface area contributed by atoms with Crippen LogP contribution in [0.15, 0.2) is 58.5 Å². The Morgan fingerprint density at radius 2 is 1.90 bits per heavy atom. The number of hydrogen-bond acceptors (Lipinski definition) is 5. The van der Waals surface area contributed by atoms with Crippen LogP contribution in [0.3, 0.4) is 0 Å². The van der Waals surface area contributed by atoms with Gasteiger partial charge in [0, 0.05) is 12.3 Å². The first-order valence-corrected chi connectivity index (χ1v) is 10.6. The number of benzene rings is 2. The number of rotatable bonds is 9. The fourth-order valence-corrected chi connectivity index (χ4v) is 3.72. The fraction of sp³-hybridized carbons (Fsp3) is 0.364. The molecule has 1 aromatic heterocycles. The topological polar surface area (TPSA) is 64.3 Å². The molecule has 0 bridgehead atoms. The normalized spacial score (nSPS) is 12.4. The Balaban J connectivity index is 1.71. The summed E-state index contributed by atoms with van der Waals surface area (Å²) < 4.78 is 20.1. The average molecular weight is 417 g/mol. The number of hydrogen-bond donors (Lipinski definition) is 1. The minimum Gasteiger partial charge on any atom is -0.491 e. The highest BCUT2D eigenvalue weighted by Gasteiger charge is 2.14. The molecule has 1 N–H and O–H groups in total. The van der Waals surface area contributed by atoms with Crippen LogP contribution in [-0.2, 0) is 6.54 Å². The van der Waals surface area contributed by atoms with E-state index >= 15 is 0 Å². The van der Waals surface area contributed by atoms with Crippen molar-refractivity contribution in [1.82, 2.24) is 9.55 Å². The summed E-state index contributed by atoms with van der Waals surface area (Å²) in [7, 11) is 0. The monoisotopic (exact) mass is 416 g/mol. The molecular weight excluding hydrogens is 391 g/mol. The van der Waals surface area contributed by atoms with Crippen LogP contribution in [-0.4, -0.2) is 33.1 Å². The second-order valence-corrected chi connectivity index (χ2v) is 8.27. The Morgan fingerprint density at radius 1 is 1.17 bits per heavy atom. The van der Waals surface area contributed by atoms with Gasteiger partial charge in [-0.3, -0.25) is 9.36 Å². The van der Waals surface area contributed by atoms with Crippen molar-refractivity contribution in [2.75, 3.05) is 12.4 Å². The minimum absolute atomic E-state index is 0.0594. The van der Waals surface area contributed by atoms with Crippen LogP contribution in [0.5, 0.6) is 5.75 Å². The summed E-state index contributed by atoms with van der Waals surface area (Å²) in [6, 6.07) is 13.0. The number of nitrogens with zero attached hydrogens (tertiary/aromatic N) is 2. The third-order valence-electron chi connectivity index (χ3n) is 4.42. The summed E-state index contributed by atoms with van der Waals surface area (Å²) in [5, 5.41) is 11.5. The molecule has 0 amide bonds. The molecule has 0 spiro atoms. The second kappa shape index (κ2) is 9.89. The van der Waals surface area contributed by atoms with Gasteiger partial charge in [-0.2, -0.15) is 0 Å². The van der Waals surface area contributed by atoms with Gasteiger partial charge in [0.15, 0.2) is 5.16 Å². The van der Waals surface area contributed by atoms with Crippen LogP contribution < -0.4 is 10.3 Å². The Bertz CT molecular complexity index is 1010. The number of thioether (sulfide) groups is 1. The lowest BCUT2D eigenvalue weighted by Gasteiger charge is -2.16. The van der Waals surface area contributed by atoms with Crippen LogP contribution in [0, 0.1) is 11.7 Å². The van der Waals surface area contributed by atoms with Gasteiger partial charge in [0.2, 0.25) is 0 Å². The molecule has 1 atom stereocenters. The van der Waals surface area contributed by atoms with Crippen LogP contribution in [0.25, 0.3) is 10.9 Å². The maximum atomic E-state index is 12.9. The minimum atomic E-state index is -0.757. The number of para-hydroxylation sites is 1. The maximum absolute atomic E-state index is 12.9. The molecule has 0 saturated heterocycles. The predicted octanol–water partition coefficient (Wildman–Crippen LogP) is 4.11. The molecule has 0 radical (unpaired) electrons. The molecule has 29 heavy (non-hydrogen) atoms. The lowest BCUT2D eigenvalue weighted by atomic mass is 10.1. The standard InChI is InChI=1S/C22H25FN2O3S/c1-15(2)11-12-25-21(27)19-5-3-4-6-20(19)24-22(25)29-14-17(26)13-28-18-9-7-16(23)8-10-18/h3-10,15,17,26H,11-14H2,1-2H3. The van der Waals surface area contributed by atoms with E-state index in [1.807, 2.05) is 18.2 Å². The highest BCUT2D eigenvalue weighted by atomic mass is 32.2. The lowest BCUT2D eigenvalue weighted by molar-refractivity contribution is 0.126. The summed E-state index contributed by atoms with van der Waals surface area (Å²) in [6.45, 7) is 4.88. The number of aliphatic hydroxyl groups is 1. The Hall–Kier alpha value is -2.38. The Kier molecular flexibility index (Phi) is 7.28. The first-order chi connectivity index (χ1) is 13.9. The molecule has 0 saturated carbocycles. The number of fused-ring (bicyclic) bond motifs is 1. The number of ether oxygens (including phenoxy) is 1. The highest BCUT2D eigenvalue weighted by molar-refractivity contribution is 7.99. The Labute approximate surface area is 173 Å². The highest BCUT2D eigenvalue weighted by Crippen LogP contribution is 2.20. The summed E-state index contributed by atoms with van der Waals surface area (Å²) in [6.07, 6.45) is 0.107. The smallest absolute Gasteiger partial charge is 0.262 e. The van der Waals surface area contributed by atoms with Crippen LogP contribution >= 0.6 is 11.8 Å². The van der Waals surface area contributed by atoms with Gasteiger partial charge in [-0.25, -0.2) is 9.37 Å². The molecule has 0 fully saturated rings. The zero-order valence-electron chi connectivity index (χ0n) is 16.5. The van der Waals surface area contributed by atoms with E-state index < -0.39 is 6.10 Å². The number of halogens is 1. The van der Waals surface area contributed by atoms with Gasteiger partial charge >= 0.3 is 0 Å². The maximum Gasteiger partial charge on any atom is 0.262 e. The van der Waals surface area contributed by atoms with Crippen LogP contribution in [0.4, 0.5) is 4.39 Å². The molecule has 5 nitrogen and oxygen atoms in total. The van der Waals surface area contributed by atoms with Crippen molar-refractivity contribution in [2.45, 2.75) is 38.1 Å². The van der Waals surface area contributed by atoms with Gasteiger partial charge in [-0.1, -0.05) is 37.7 Å². The fourth-order valence-electron chi connectivity index (χ4n) is 2.78. The molecule has 0 aliphatic carbocycles. The summed E-state index contributed by atoms with van der Waals surface area (Å²) >= 11 is 1.34. The molecule has 2 aromatic carbocycles. The molecule has 0 aliphatic rings. The number of aromatic nitrogens is 2. The molecule has 1 unspecified atom stereocenters. The van der Waals surface area contributed by atoms with E-state index in [4.69, 9.17) is 4.74 Å². The zero-order valence-corrected chi connectivity index (χ0v) is 17.4. The molecular formula is C22H25FN2O3S. The van der Waals surface area contributed by atoms with E-state index in [0.717, 1.165) is 6.42 Å². The lowest BCUT2D eigenvalue weighted by Crippen LogP contribution is -2.25. The van der Waals surface area contributed by atoms with Gasteiger partial charge in [0.25, 0.3) is 5.56 Å². The van der Waals surface area contributed by atoms with Crippen molar-refractivity contribution in [3.8, 4) is 5.75 Å². The predicted molar refractivity (Wildman–Crippen MR) is 114 cm³/mol. The van der Waals surface area contributed by atoms with Crippen molar-refractivity contribution >= 4 is 22.7 Å². The van der Waals surface area contributed by atoms with Gasteiger partial charge in [-0.15, -0.1) is 0 Å². The van der Waals surface area contributed by atoms with E-state index in [-0.39, 0.29) is 18.0 Å². The van der Waals surface area contributed by atoms with Gasteiger partial charge in [-0.05, 0) is 48.7 Å². The molecule has 7 heteroatoms. The number of aliphatic hydroxyl groups excluding tert-OH is 1. The van der Waals surface area contributed by atoms with E-state index in [1.54, 1.807) is 10.6 Å². The first kappa shape index (κ1) is 21.3. The third-order valence-corrected chi connectivity index (χ3v) is 5.54. The van der Waals surface area contributed by atoms with Gasteiger partial charge in [0.05, 0.1) is 17.0 Å². The van der Waals surface area contributed by atoms with Crippen molar-refractivity contribution in [2.24, 2.45) is 5.92 Å². The van der Waals surface area contributed by atoms with Crippen molar-refractivity contribution < 1.29 is 14.2 Å². The van der Waals surface area contributed by atoms with E-state index in [2.05, 4.69) is 18.8 Å². The van der Waals surface area contributed by atoms with Crippen LogP contribution in [0.1, 0.15) is 20.3 Å². The van der Waals surface area contributed by atoms with Crippen molar-refractivity contribution in [3.63, 3.8) is 0 Å². The van der Waals surface area contributed by atoms with E-state index in [9.17, 15) is 14.3 Å². The van der Waals surface area contributed by atoms with Crippen LogP contribution in [0.2, 0.25) is 0 Å². The average Bonchev–Trinajstić information content (AvgIpc) is 2.71. The SMILES string of the molecule is CC(C)CCn1c(SCC(O)COc2ccc(F)cc2)nc2ccccc2c1=O. The molecule has 1 heterocycles. The molecule has 3 rings (SSSR count). The van der Waals surface area contributed by atoms with Gasteiger partial charge < -0.3 is 9.84 Å². The molecule has 3 aromatic rings. The third kappa shape index (κ3) is 5.81. The molecule has 154 valence electrons. The van der Waals surface area contributed by atoms with Crippen molar-refractivity contribution in [3.05, 3.63) is 64.7 Å². The van der Waals surface area contributed by atoms with E-state index in [1.165, 1.54) is 36.0 Å². The first-order valence-electron chi connectivity index (χ1n) is 9.63. The van der Waals surface area contributed by atoms with Gasteiger partial charge in [0.1, 0.15) is 18.2 Å². The molecule has 0 aliphatic heterocycles. The summed E-state index contributed by atoms with van der Waals surface area (Å²) in [4.78, 5) is 17.6. The summed E-state index contributed by atoms with van der Waals surface area (Å²) in [5.41, 5.74) is 0.591. The van der Waals surface area contributed by atoms with Crippen molar-refractivity contribution in [1.29, 1.82) is 0 Å². The Morgan fingerprint density at radius 3 is 2.62 bits per heavy atom. The largest absolute Gasteiger partial charge is 0.491 e. The second-order valence-electron chi connectivity index (χ2n) is 7.28.